The van der Waals surface area contributed by atoms with Crippen molar-refractivity contribution in [1.82, 2.24) is 14.9 Å². The second-order valence-electron chi connectivity index (χ2n) is 6.60. The standard InChI is InChI=1S/C21H22N4/c1-16-7-9-17(10-8-16)14-25-12-11-20-18(15-25)13-22-21(24-20)23-19-5-3-2-4-6-19/h2-10,13H,11-12,14-15H2,1H3,(H,22,23,24). The van der Waals surface area contributed by atoms with E-state index >= 15 is 0 Å². The van der Waals surface area contributed by atoms with E-state index in [2.05, 4.69) is 46.4 Å². The van der Waals surface area contributed by atoms with Crippen LogP contribution in [-0.4, -0.2) is 21.4 Å². The van der Waals surface area contributed by atoms with E-state index in [1.165, 1.54) is 16.7 Å². The van der Waals surface area contributed by atoms with Gasteiger partial charge in [0.15, 0.2) is 0 Å². The molecule has 2 aromatic carbocycles. The predicted octanol–water partition coefficient (Wildman–Crippen LogP) is 4.09. The van der Waals surface area contributed by atoms with E-state index in [0.29, 0.717) is 5.95 Å². The first kappa shape index (κ1) is 15.8. The SMILES string of the molecule is Cc1ccc(CN2CCc3nc(Nc4ccccc4)ncc3C2)cc1. The third-order valence-corrected chi connectivity index (χ3v) is 4.57. The molecular weight excluding hydrogens is 308 g/mol. The summed E-state index contributed by atoms with van der Waals surface area (Å²) in [5.74, 6) is 0.678. The summed E-state index contributed by atoms with van der Waals surface area (Å²) in [4.78, 5) is 11.7. The van der Waals surface area contributed by atoms with E-state index in [4.69, 9.17) is 4.98 Å². The van der Waals surface area contributed by atoms with Crippen molar-refractivity contribution in [2.75, 3.05) is 11.9 Å². The summed E-state index contributed by atoms with van der Waals surface area (Å²) in [7, 11) is 0. The first-order valence-corrected chi connectivity index (χ1v) is 8.71. The molecule has 4 nitrogen and oxygen atoms in total. The molecule has 3 aromatic rings. The van der Waals surface area contributed by atoms with E-state index in [1.807, 2.05) is 36.5 Å². The molecule has 0 saturated carbocycles. The molecule has 1 N–H and O–H groups in total. The Kier molecular flexibility index (Phi) is 4.44. The maximum Gasteiger partial charge on any atom is 0.227 e. The van der Waals surface area contributed by atoms with E-state index in [9.17, 15) is 0 Å². The van der Waals surface area contributed by atoms with Gasteiger partial charge in [-0.05, 0) is 24.6 Å². The van der Waals surface area contributed by atoms with Crippen LogP contribution in [0.2, 0.25) is 0 Å². The third kappa shape index (κ3) is 3.86. The predicted molar refractivity (Wildman–Crippen MR) is 101 cm³/mol. The Labute approximate surface area is 148 Å². The number of rotatable bonds is 4. The molecule has 25 heavy (non-hydrogen) atoms. The second-order valence-corrected chi connectivity index (χ2v) is 6.60. The van der Waals surface area contributed by atoms with Gasteiger partial charge in [-0.3, -0.25) is 4.90 Å². The van der Waals surface area contributed by atoms with Gasteiger partial charge in [0, 0.05) is 43.5 Å². The smallest absolute Gasteiger partial charge is 0.227 e. The van der Waals surface area contributed by atoms with E-state index in [1.54, 1.807) is 0 Å². The van der Waals surface area contributed by atoms with Gasteiger partial charge in [-0.25, -0.2) is 9.97 Å². The van der Waals surface area contributed by atoms with Gasteiger partial charge in [0.25, 0.3) is 0 Å². The average molecular weight is 330 g/mol. The Morgan fingerprint density at radius 3 is 2.64 bits per heavy atom. The van der Waals surface area contributed by atoms with Gasteiger partial charge in [0.1, 0.15) is 0 Å². The molecule has 126 valence electrons. The molecule has 0 atom stereocenters. The quantitative estimate of drug-likeness (QED) is 0.782. The van der Waals surface area contributed by atoms with Crippen molar-refractivity contribution in [2.24, 2.45) is 0 Å². The number of aromatic nitrogens is 2. The fourth-order valence-electron chi connectivity index (χ4n) is 3.17. The number of aryl methyl sites for hydroxylation is 1. The molecule has 0 saturated heterocycles. The first-order chi connectivity index (χ1) is 12.3. The number of para-hydroxylation sites is 1. The van der Waals surface area contributed by atoms with Gasteiger partial charge in [-0.15, -0.1) is 0 Å². The first-order valence-electron chi connectivity index (χ1n) is 8.71. The van der Waals surface area contributed by atoms with Crippen molar-refractivity contribution in [3.8, 4) is 0 Å². The lowest BCUT2D eigenvalue weighted by molar-refractivity contribution is 0.243. The highest BCUT2D eigenvalue weighted by atomic mass is 15.2. The summed E-state index contributed by atoms with van der Waals surface area (Å²) in [6.45, 7) is 5.04. The summed E-state index contributed by atoms with van der Waals surface area (Å²) < 4.78 is 0. The van der Waals surface area contributed by atoms with Crippen LogP contribution in [0, 0.1) is 6.92 Å². The molecule has 4 rings (SSSR count). The summed E-state index contributed by atoms with van der Waals surface area (Å²) in [5.41, 5.74) is 6.07. The number of nitrogens with zero attached hydrogens (tertiary/aromatic N) is 3. The monoisotopic (exact) mass is 330 g/mol. The molecule has 0 bridgehead atoms. The van der Waals surface area contributed by atoms with Crippen LogP contribution in [0.1, 0.15) is 22.4 Å². The highest BCUT2D eigenvalue weighted by Crippen LogP contribution is 2.21. The van der Waals surface area contributed by atoms with Crippen LogP contribution in [0.5, 0.6) is 0 Å². The number of hydrogen-bond acceptors (Lipinski definition) is 4. The number of benzene rings is 2. The average Bonchev–Trinajstić information content (AvgIpc) is 2.65. The van der Waals surface area contributed by atoms with Crippen LogP contribution >= 0.6 is 0 Å². The van der Waals surface area contributed by atoms with Crippen molar-refractivity contribution in [2.45, 2.75) is 26.4 Å². The number of anilines is 2. The number of hydrogen-bond donors (Lipinski definition) is 1. The minimum absolute atomic E-state index is 0.678. The Hall–Kier alpha value is -2.72. The van der Waals surface area contributed by atoms with Gasteiger partial charge in [-0.2, -0.15) is 0 Å². The zero-order chi connectivity index (χ0) is 17.1. The Morgan fingerprint density at radius 2 is 1.84 bits per heavy atom. The van der Waals surface area contributed by atoms with Crippen LogP contribution in [0.3, 0.4) is 0 Å². The minimum atomic E-state index is 0.678. The molecule has 1 aliphatic heterocycles. The molecule has 1 aromatic heterocycles. The van der Waals surface area contributed by atoms with Gasteiger partial charge in [-0.1, -0.05) is 48.0 Å². The van der Waals surface area contributed by atoms with Gasteiger partial charge in [0.05, 0.1) is 5.69 Å². The maximum atomic E-state index is 4.71. The molecular formula is C21H22N4. The van der Waals surface area contributed by atoms with E-state index < -0.39 is 0 Å². The maximum absolute atomic E-state index is 4.71. The summed E-state index contributed by atoms with van der Waals surface area (Å²) in [6, 6.07) is 18.8. The molecule has 4 heteroatoms. The lowest BCUT2D eigenvalue weighted by atomic mass is 10.1. The largest absolute Gasteiger partial charge is 0.324 e. The fourth-order valence-corrected chi connectivity index (χ4v) is 3.17. The Bertz CT molecular complexity index is 844. The zero-order valence-electron chi connectivity index (χ0n) is 14.4. The topological polar surface area (TPSA) is 41.1 Å². The molecule has 0 radical (unpaired) electrons. The lowest BCUT2D eigenvalue weighted by Crippen LogP contribution is -2.31. The van der Waals surface area contributed by atoms with Gasteiger partial charge >= 0.3 is 0 Å². The molecule has 0 aliphatic carbocycles. The van der Waals surface area contributed by atoms with Crippen molar-refractivity contribution >= 4 is 11.6 Å². The summed E-state index contributed by atoms with van der Waals surface area (Å²) >= 11 is 0. The van der Waals surface area contributed by atoms with Crippen LogP contribution in [-0.2, 0) is 19.5 Å². The second kappa shape index (κ2) is 7.03. The third-order valence-electron chi connectivity index (χ3n) is 4.57. The molecule has 0 amide bonds. The summed E-state index contributed by atoms with van der Waals surface area (Å²) in [5, 5.41) is 3.27. The Balaban J connectivity index is 1.44. The highest BCUT2D eigenvalue weighted by Gasteiger charge is 2.18. The molecule has 2 heterocycles. The molecule has 0 unspecified atom stereocenters. The van der Waals surface area contributed by atoms with Crippen molar-refractivity contribution in [3.63, 3.8) is 0 Å². The van der Waals surface area contributed by atoms with Crippen LogP contribution < -0.4 is 5.32 Å². The van der Waals surface area contributed by atoms with Crippen molar-refractivity contribution in [1.29, 1.82) is 0 Å². The zero-order valence-corrected chi connectivity index (χ0v) is 14.4. The van der Waals surface area contributed by atoms with Crippen LogP contribution in [0.4, 0.5) is 11.6 Å². The van der Waals surface area contributed by atoms with Gasteiger partial charge < -0.3 is 5.32 Å². The normalized spacial score (nSPS) is 14.1. The lowest BCUT2D eigenvalue weighted by Gasteiger charge is -2.28. The van der Waals surface area contributed by atoms with Crippen LogP contribution in [0.15, 0.2) is 60.8 Å². The molecule has 0 spiro atoms. The number of fused-ring (bicyclic) bond motifs is 1. The molecule has 0 fully saturated rings. The van der Waals surface area contributed by atoms with Crippen LogP contribution in [0.25, 0.3) is 0 Å². The Morgan fingerprint density at radius 1 is 1.04 bits per heavy atom. The fraction of sp³-hybridized carbons (Fsp3) is 0.238. The van der Waals surface area contributed by atoms with Crippen molar-refractivity contribution in [3.05, 3.63) is 83.2 Å². The van der Waals surface area contributed by atoms with E-state index in [-0.39, 0.29) is 0 Å². The van der Waals surface area contributed by atoms with E-state index in [0.717, 1.165) is 37.4 Å². The summed E-state index contributed by atoms with van der Waals surface area (Å²) in [6.07, 6.45) is 2.93. The molecule has 1 aliphatic rings. The van der Waals surface area contributed by atoms with Gasteiger partial charge in [0.2, 0.25) is 5.95 Å². The van der Waals surface area contributed by atoms with Crippen molar-refractivity contribution < 1.29 is 0 Å². The highest BCUT2D eigenvalue weighted by molar-refractivity contribution is 5.52. The number of nitrogens with one attached hydrogen (secondary N) is 1. The minimum Gasteiger partial charge on any atom is -0.324 e.